The Balaban J connectivity index is 1.77. The van der Waals surface area contributed by atoms with Crippen LogP contribution in [0.15, 0.2) is 36.7 Å². The van der Waals surface area contributed by atoms with E-state index in [1.54, 1.807) is 36.7 Å². The molecule has 0 fully saturated rings. The molecule has 0 unspecified atom stereocenters. The Labute approximate surface area is 198 Å². The molecule has 1 aromatic heterocycles. The monoisotopic (exact) mass is 475 g/mol. The fourth-order valence-electron chi connectivity index (χ4n) is 3.46. The van der Waals surface area contributed by atoms with Gasteiger partial charge in [-0.15, -0.1) is 0 Å². The number of nitrogens with zero attached hydrogens (tertiary/aromatic N) is 3. The van der Waals surface area contributed by atoms with E-state index in [0.29, 0.717) is 42.3 Å². The standard InChI is InChI=1S/C23H30ClN5O4/c1-16(2)19-15-33-20-7-6-17(24)12-18(20)23(32)25-8-3-4-10-28(13-21(30)27-19)22(31)14-29-11-5-9-26-29/h5-7,9,11-12,16,19H,3-4,8,10,13-15H2,1-2H3,(H,25,32)(H,27,30)/t19-/m0/s1. The molecule has 1 aromatic carbocycles. The van der Waals surface area contributed by atoms with Gasteiger partial charge in [-0.25, -0.2) is 0 Å². The molecular formula is C23H30ClN5O4. The first-order valence-electron chi connectivity index (χ1n) is 11.1. The van der Waals surface area contributed by atoms with E-state index in [2.05, 4.69) is 15.7 Å². The molecule has 2 aromatic rings. The minimum atomic E-state index is -0.308. The van der Waals surface area contributed by atoms with Gasteiger partial charge in [0.25, 0.3) is 5.91 Å². The molecule has 10 heteroatoms. The summed E-state index contributed by atoms with van der Waals surface area (Å²) in [4.78, 5) is 39.9. The molecule has 1 aliphatic heterocycles. The molecule has 0 saturated heterocycles. The molecule has 1 aliphatic rings. The van der Waals surface area contributed by atoms with E-state index in [-0.39, 0.29) is 49.4 Å². The Morgan fingerprint density at radius 3 is 2.85 bits per heavy atom. The second-order valence-corrected chi connectivity index (χ2v) is 8.79. The Kier molecular flexibility index (Phi) is 8.71. The minimum Gasteiger partial charge on any atom is -0.491 e. The average molecular weight is 476 g/mol. The van der Waals surface area contributed by atoms with Crippen LogP contribution in [0.1, 0.15) is 37.0 Å². The van der Waals surface area contributed by atoms with E-state index in [1.165, 1.54) is 9.58 Å². The van der Waals surface area contributed by atoms with Crippen LogP contribution >= 0.6 is 11.6 Å². The highest BCUT2D eigenvalue weighted by atomic mass is 35.5. The lowest BCUT2D eigenvalue weighted by Crippen LogP contribution is -2.48. The van der Waals surface area contributed by atoms with Crippen molar-refractivity contribution < 1.29 is 19.1 Å². The Hall–Kier alpha value is -3.07. The lowest BCUT2D eigenvalue weighted by Gasteiger charge is -2.26. The Morgan fingerprint density at radius 1 is 1.30 bits per heavy atom. The number of aromatic nitrogens is 2. The molecule has 1 atom stereocenters. The van der Waals surface area contributed by atoms with Crippen LogP contribution in [0.5, 0.6) is 5.75 Å². The fourth-order valence-corrected chi connectivity index (χ4v) is 3.63. The van der Waals surface area contributed by atoms with Gasteiger partial charge in [-0.05, 0) is 43.0 Å². The van der Waals surface area contributed by atoms with Crippen LogP contribution in [0.2, 0.25) is 5.02 Å². The summed E-state index contributed by atoms with van der Waals surface area (Å²) in [5, 5.41) is 10.4. The third kappa shape index (κ3) is 7.21. The van der Waals surface area contributed by atoms with E-state index in [4.69, 9.17) is 16.3 Å². The van der Waals surface area contributed by atoms with Crippen LogP contribution in [0.3, 0.4) is 0 Å². The van der Waals surface area contributed by atoms with Crippen molar-refractivity contribution in [2.45, 2.75) is 39.3 Å². The summed E-state index contributed by atoms with van der Waals surface area (Å²) in [7, 11) is 0. The smallest absolute Gasteiger partial charge is 0.255 e. The van der Waals surface area contributed by atoms with Crippen LogP contribution in [0, 0.1) is 5.92 Å². The van der Waals surface area contributed by atoms with E-state index in [0.717, 1.165) is 0 Å². The Morgan fingerprint density at radius 2 is 2.12 bits per heavy atom. The van der Waals surface area contributed by atoms with Crippen molar-refractivity contribution in [1.29, 1.82) is 0 Å². The van der Waals surface area contributed by atoms with Gasteiger partial charge in [-0.1, -0.05) is 25.4 Å². The fraction of sp³-hybridized carbons (Fsp3) is 0.478. The largest absolute Gasteiger partial charge is 0.491 e. The Bertz CT molecular complexity index is 964. The molecular weight excluding hydrogens is 446 g/mol. The van der Waals surface area contributed by atoms with Crippen LogP contribution < -0.4 is 15.4 Å². The van der Waals surface area contributed by atoms with Gasteiger partial charge < -0.3 is 20.3 Å². The summed E-state index contributed by atoms with van der Waals surface area (Å²) < 4.78 is 7.46. The molecule has 3 rings (SSSR count). The van der Waals surface area contributed by atoms with Crippen molar-refractivity contribution in [1.82, 2.24) is 25.3 Å². The second-order valence-electron chi connectivity index (χ2n) is 8.35. The molecule has 0 aliphatic carbocycles. The maximum Gasteiger partial charge on any atom is 0.255 e. The van der Waals surface area contributed by atoms with E-state index in [9.17, 15) is 14.4 Å². The number of benzene rings is 1. The van der Waals surface area contributed by atoms with E-state index >= 15 is 0 Å². The minimum absolute atomic E-state index is 0.0537. The molecule has 9 nitrogen and oxygen atoms in total. The summed E-state index contributed by atoms with van der Waals surface area (Å²) in [6, 6.07) is 6.32. The third-order valence-corrected chi connectivity index (χ3v) is 5.67. The van der Waals surface area contributed by atoms with Crippen molar-refractivity contribution in [3.63, 3.8) is 0 Å². The van der Waals surface area contributed by atoms with Gasteiger partial charge in [0.1, 0.15) is 18.9 Å². The zero-order chi connectivity index (χ0) is 23.8. The third-order valence-electron chi connectivity index (χ3n) is 5.44. The lowest BCUT2D eigenvalue weighted by molar-refractivity contribution is -0.137. The number of hydrogen-bond acceptors (Lipinski definition) is 5. The van der Waals surface area contributed by atoms with Gasteiger partial charge in [0, 0.05) is 30.5 Å². The summed E-state index contributed by atoms with van der Waals surface area (Å²) in [6.07, 6.45) is 4.58. The first kappa shape index (κ1) is 24.6. The number of hydrogen-bond donors (Lipinski definition) is 2. The van der Waals surface area contributed by atoms with Gasteiger partial charge in [-0.3, -0.25) is 19.1 Å². The molecule has 33 heavy (non-hydrogen) atoms. The van der Waals surface area contributed by atoms with Crippen molar-refractivity contribution in [2.75, 3.05) is 26.2 Å². The maximum absolute atomic E-state index is 12.8. The zero-order valence-electron chi connectivity index (χ0n) is 18.9. The van der Waals surface area contributed by atoms with Crippen molar-refractivity contribution in [3.05, 3.63) is 47.2 Å². The normalized spacial score (nSPS) is 18.4. The molecule has 3 amide bonds. The van der Waals surface area contributed by atoms with Crippen molar-refractivity contribution >= 4 is 29.3 Å². The maximum atomic E-state index is 12.8. The number of carbonyl (C=O) groups is 3. The molecule has 2 N–H and O–H groups in total. The number of ether oxygens (including phenoxy) is 1. The van der Waals surface area contributed by atoms with Gasteiger partial charge in [-0.2, -0.15) is 5.10 Å². The molecule has 0 bridgehead atoms. The number of nitrogens with one attached hydrogen (secondary N) is 2. The first-order chi connectivity index (χ1) is 15.8. The predicted octanol–water partition coefficient (Wildman–Crippen LogP) is 2.11. The predicted molar refractivity (Wildman–Crippen MR) is 124 cm³/mol. The highest BCUT2D eigenvalue weighted by molar-refractivity contribution is 6.31. The summed E-state index contributed by atoms with van der Waals surface area (Å²) >= 11 is 6.10. The molecule has 178 valence electrons. The topological polar surface area (TPSA) is 106 Å². The van der Waals surface area contributed by atoms with Crippen molar-refractivity contribution in [3.8, 4) is 5.75 Å². The van der Waals surface area contributed by atoms with E-state index < -0.39 is 0 Å². The van der Waals surface area contributed by atoms with Gasteiger partial charge >= 0.3 is 0 Å². The molecule has 0 spiro atoms. The second kappa shape index (κ2) is 11.7. The van der Waals surface area contributed by atoms with Gasteiger partial charge in [0.05, 0.1) is 18.2 Å². The SMILES string of the molecule is CC(C)[C@@H]1COc2ccc(Cl)cc2C(=O)NCCCCN(C(=O)Cn2cccn2)CC(=O)N1. The molecule has 2 heterocycles. The van der Waals surface area contributed by atoms with Gasteiger partial charge in [0.15, 0.2) is 0 Å². The summed E-state index contributed by atoms with van der Waals surface area (Å²) in [5.74, 6) is -0.252. The summed E-state index contributed by atoms with van der Waals surface area (Å²) in [6.45, 7) is 4.94. The molecule has 0 saturated carbocycles. The van der Waals surface area contributed by atoms with Crippen molar-refractivity contribution in [2.24, 2.45) is 5.92 Å². The van der Waals surface area contributed by atoms with Crippen LogP contribution in [0.4, 0.5) is 0 Å². The first-order valence-corrected chi connectivity index (χ1v) is 11.5. The highest BCUT2D eigenvalue weighted by Crippen LogP contribution is 2.23. The van der Waals surface area contributed by atoms with Crippen LogP contribution in [-0.2, 0) is 16.1 Å². The average Bonchev–Trinajstić information content (AvgIpc) is 3.28. The lowest BCUT2D eigenvalue weighted by atomic mass is 10.1. The zero-order valence-corrected chi connectivity index (χ0v) is 19.7. The quantitative estimate of drug-likeness (QED) is 0.707. The van der Waals surface area contributed by atoms with E-state index in [1.807, 2.05) is 13.8 Å². The van der Waals surface area contributed by atoms with Gasteiger partial charge in [0.2, 0.25) is 11.8 Å². The van der Waals surface area contributed by atoms with Crippen LogP contribution in [-0.4, -0.2) is 64.7 Å². The molecule has 0 radical (unpaired) electrons. The number of halogens is 1. The number of carbonyl (C=O) groups excluding carboxylic acids is 3. The highest BCUT2D eigenvalue weighted by Gasteiger charge is 2.23. The van der Waals surface area contributed by atoms with Crippen LogP contribution in [0.25, 0.3) is 0 Å². The number of fused-ring (bicyclic) bond motifs is 1. The number of rotatable bonds is 3. The summed E-state index contributed by atoms with van der Waals surface area (Å²) in [5.41, 5.74) is 0.349. The number of amides is 3.